The molecule has 0 aromatic heterocycles. The van der Waals surface area contributed by atoms with Crippen LogP contribution in [0.3, 0.4) is 0 Å². The molecule has 79 heavy (non-hydrogen) atoms. The minimum atomic E-state index is -5.31. The van der Waals surface area contributed by atoms with E-state index < -0.39 is 112 Å². The van der Waals surface area contributed by atoms with E-state index in [4.69, 9.17) is 33.9 Å². The van der Waals surface area contributed by atoms with Crippen molar-refractivity contribution in [2.75, 3.05) is 26.4 Å². The number of aliphatic hydroxyl groups is 5. The molecule has 2 aliphatic rings. The highest BCUT2D eigenvalue weighted by atomic mass is 31.2. The van der Waals surface area contributed by atoms with Crippen LogP contribution in [0.25, 0.3) is 0 Å². The van der Waals surface area contributed by atoms with Gasteiger partial charge in [-0.2, -0.15) is 0 Å². The van der Waals surface area contributed by atoms with Crippen molar-refractivity contribution in [3.05, 3.63) is 0 Å². The number of ether oxygens (including phenoxy) is 5. The van der Waals surface area contributed by atoms with Crippen LogP contribution in [0.1, 0.15) is 252 Å². The molecule has 2 amide bonds. The van der Waals surface area contributed by atoms with E-state index in [0.29, 0.717) is 38.6 Å². The number of amides is 2. The Kier molecular flexibility index (Phi) is 42.2. The first-order valence-corrected chi connectivity index (χ1v) is 32.7. The van der Waals surface area contributed by atoms with E-state index in [9.17, 15) is 54.3 Å². The molecule has 0 spiro atoms. The number of nitrogens with two attached hydrogens (primary N) is 1. The molecule has 0 unspecified atom stereocenters. The molecular formula is C58H112N3O17P. The number of carbonyl (C=O) groups excluding carboxylic acids is 3. The largest absolute Gasteiger partial charge is 0.470 e. The van der Waals surface area contributed by atoms with Crippen LogP contribution in [0.15, 0.2) is 0 Å². The lowest BCUT2D eigenvalue weighted by Gasteiger charge is -2.45. The summed E-state index contributed by atoms with van der Waals surface area (Å²) in [5.41, 5.74) is 5.66. The first kappa shape index (κ1) is 73.2. The molecule has 0 aromatic carbocycles. The smallest absolute Gasteiger partial charge is 0.462 e. The van der Waals surface area contributed by atoms with Crippen molar-refractivity contribution < 1.29 is 82.5 Å². The molecule has 2 aliphatic heterocycles. The van der Waals surface area contributed by atoms with Gasteiger partial charge >= 0.3 is 13.8 Å². The maximum Gasteiger partial charge on any atom is 0.470 e. The van der Waals surface area contributed by atoms with Crippen molar-refractivity contribution in [3.8, 4) is 0 Å². The van der Waals surface area contributed by atoms with Crippen molar-refractivity contribution in [1.29, 1.82) is 0 Å². The number of hydrogen-bond acceptors (Lipinski definition) is 16. The van der Waals surface area contributed by atoms with Crippen molar-refractivity contribution in [2.45, 2.75) is 325 Å². The SMILES string of the molecule is CCCCCCCCCCCC(=O)O[C@H](CCCCCCCCCCC)CC(=O)N[C@@H]1[C@H](OC[C@H]2O[C@H](OCCCCCCN)[C@@H](NC(=O)C[C@H](O)CCCCCCCCCCC)[C@@H](O)[C@@H]2O)O[C@H](CO)[C@@H](OP(=O)(O)O)[C@@H]1O. The fraction of sp³-hybridized carbons (Fsp3) is 0.948. The average molecular weight is 1150 g/mol. The fourth-order valence-electron chi connectivity index (χ4n) is 10.4. The number of esters is 1. The Hall–Kier alpha value is -1.88. The van der Waals surface area contributed by atoms with Crippen LogP contribution in [0.2, 0.25) is 0 Å². The van der Waals surface area contributed by atoms with E-state index in [1.54, 1.807) is 0 Å². The second kappa shape index (κ2) is 45.5. The first-order chi connectivity index (χ1) is 38.1. The van der Waals surface area contributed by atoms with Crippen LogP contribution in [0.5, 0.6) is 0 Å². The number of phosphoric ester groups is 1. The summed E-state index contributed by atoms with van der Waals surface area (Å²) in [6.07, 6.45) is 17.8. The fourth-order valence-corrected chi connectivity index (χ4v) is 11.0. The zero-order chi connectivity index (χ0) is 58.1. The van der Waals surface area contributed by atoms with Crippen LogP contribution in [-0.2, 0) is 47.2 Å². The highest BCUT2D eigenvalue weighted by Crippen LogP contribution is 2.41. The standard InChI is InChI=1S/C58H112N3O17P/c1-4-7-10-13-16-19-22-25-30-35-44(63)40-48(64)60-51-54(68)53(67)47(77-57(51)73-39-34-29-28-33-38-59)43-74-58-52(55(69)56(46(42-62)76-58)78-79(70,71)72)61-49(65)41-45(36-31-26-23-20-17-14-11-8-5-2)75-50(66)37-32-27-24-21-18-15-12-9-6-3/h44-47,51-58,62-63,67-69H,4-43,59H2,1-3H3,(H,60,64)(H,61,65)(H2,70,71,72)/t44-,45-,46-,47-,51+,52+,53-,54-,55-,56-,57+,58-/m1/s1. The molecule has 21 heteroatoms. The van der Waals surface area contributed by atoms with Gasteiger partial charge in [-0.3, -0.25) is 18.9 Å². The summed E-state index contributed by atoms with van der Waals surface area (Å²) < 4.78 is 47.2. The molecule has 2 saturated heterocycles. The van der Waals surface area contributed by atoms with Crippen molar-refractivity contribution in [3.63, 3.8) is 0 Å². The maximum atomic E-state index is 14.0. The first-order valence-electron chi connectivity index (χ1n) is 31.2. The lowest BCUT2D eigenvalue weighted by Crippen LogP contribution is -2.67. The molecule has 466 valence electrons. The number of carbonyl (C=O) groups is 3. The Bertz CT molecular complexity index is 1580. The molecule has 20 nitrogen and oxygen atoms in total. The number of nitrogens with one attached hydrogen (secondary N) is 2. The number of unbranched alkanes of at least 4 members (excludes halogenated alkanes) is 27. The summed E-state index contributed by atoms with van der Waals surface area (Å²) in [4.78, 5) is 60.2. The average Bonchev–Trinajstić information content (AvgIpc) is 3.46. The lowest BCUT2D eigenvalue weighted by molar-refractivity contribution is -0.302. The molecule has 12 atom stereocenters. The quantitative estimate of drug-likeness (QED) is 0.0155. The second-order valence-electron chi connectivity index (χ2n) is 22.4. The van der Waals surface area contributed by atoms with E-state index >= 15 is 0 Å². The summed E-state index contributed by atoms with van der Waals surface area (Å²) in [6.45, 7) is 5.76. The molecule has 11 N–H and O–H groups in total. The van der Waals surface area contributed by atoms with Crippen LogP contribution in [0, 0.1) is 0 Å². The van der Waals surface area contributed by atoms with Gasteiger partial charge in [-0.15, -0.1) is 0 Å². The normalized spacial score (nSPS) is 24.3. The number of hydrogen-bond donors (Lipinski definition) is 10. The summed E-state index contributed by atoms with van der Waals surface area (Å²) >= 11 is 0. The van der Waals surface area contributed by atoms with E-state index in [1.807, 2.05) is 0 Å². The summed E-state index contributed by atoms with van der Waals surface area (Å²) in [7, 11) is -5.31. The van der Waals surface area contributed by atoms with E-state index in [0.717, 1.165) is 89.9 Å². The Morgan fingerprint density at radius 3 is 1.52 bits per heavy atom. The van der Waals surface area contributed by atoms with Gasteiger partial charge in [0.05, 0.1) is 32.2 Å². The minimum Gasteiger partial charge on any atom is -0.462 e. The monoisotopic (exact) mass is 1150 g/mol. The van der Waals surface area contributed by atoms with E-state index in [1.165, 1.54) is 89.9 Å². The van der Waals surface area contributed by atoms with Crippen molar-refractivity contribution >= 4 is 25.6 Å². The third-order valence-corrected chi connectivity index (χ3v) is 15.7. The molecule has 2 rings (SSSR count). The molecular weight excluding hydrogens is 1040 g/mol. The highest BCUT2D eigenvalue weighted by Gasteiger charge is 2.51. The molecule has 0 saturated carbocycles. The summed E-state index contributed by atoms with van der Waals surface area (Å²) in [6, 6.07) is -2.88. The van der Waals surface area contributed by atoms with Crippen molar-refractivity contribution in [2.24, 2.45) is 5.73 Å². The molecule has 0 radical (unpaired) electrons. The van der Waals surface area contributed by atoms with E-state index in [2.05, 4.69) is 31.4 Å². The van der Waals surface area contributed by atoms with Crippen LogP contribution in [-0.4, -0.2) is 153 Å². The number of rotatable bonds is 50. The topological polar surface area (TPSA) is 315 Å². The molecule has 0 aliphatic carbocycles. The molecule has 2 heterocycles. The third-order valence-electron chi connectivity index (χ3n) is 15.2. The maximum absolute atomic E-state index is 14.0. The zero-order valence-corrected chi connectivity index (χ0v) is 49.8. The van der Waals surface area contributed by atoms with Gasteiger partial charge in [0, 0.05) is 13.0 Å². The second-order valence-corrected chi connectivity index (χ2v) is 23.6. The van der Waals surface area contributed by atoms with Crippen molar-refractivity contribution in [1.82, 2.24) is 10.6 Å². The van der Waals surface area contributed by atoms with Gasteiger partial charge in [0.25, 0.3) is 0 Å². The van der Waals surface area contributed by atoms with Gasteiger partial charge in [0.15, 0.2) is 12.6 Å². The van der Waals surface area contributed by atoms with Gasteiger partial charge in [0.1, 0.15) is 54.8 Å². The predicted octanol–water partition coefficient (Wildman–Crippen LogP) is 8.33. The van der Waals surface area contributed by atoms with Gasteiger partial charge in [-0.05, 0) is 45.1 Å². The minimum absolute atomic E-state index is 0.152. The van der Waals surface area contributed by atoms with Gasteiger partial charge < -0.3 is 75.4 Å². The van der Waals surface area contributed by atoms with Gasteiger partial charge in [-0.25, -0.2) is 4.57 Å². The van der Waals surface area contributed by atoms with Crippen LogP contribution in [0.4, 0.5) is 0 Å². The highest BCUT2D eigenvalue weighted by molar-refractivity contribution is 7.46. The molecule has 2 fully saturated rings. The lowest BCUT2D eigenvalue weighted by atomic mass is 9.95. The number of phosphoric acid groups is 1. The van der Waals surface area contributed by atoms with E-state index in [-0.39, 0.29) is 25.9 Å². The third kappa shape index (κ3) is 33.9. The van der Waals surface area contributed by atoms with Gasteiger partial charge in [0.2, 0.25) is 11.8 Å². The van der Waals surface area contributed by atoms with Gasteiger partial charge in [-0.1, -0.05) is 194 Å². The zero-order valence-electron chi connectivity index (χ0n) is 49.0. The summed E-state index contributed by atoms with van der Waals surface area (Å²) in [5.74, 6) is -1.72. The van der Waals surface area contributed by atoms with Crippen LogP contribution < -0.4 is 16.4 Å². The summed E-state index contributed by atoms with van der Waals surface area (Å²) in [5, 5.41) is 61.1. The Labute approximate surface area is 474 Å². The molecule has 0 bridgehead atoms. The Balaban J connectivity index is 2.23. The molecule has 0 aromatic rings. The van der Waals surface area contributed by atoms with Crippen LogP contribution >= 0.6 is 7.82 Å². The Morgan fingerprint density at radius 1 is 0.557 bits per heavy atom. The Morgan fingerprint density at radius 2 is 1.00 bits per heavy atom. The predicted molar refractivity (Wildman–Crippen MR) is 303 cm³/mol. The number of aliphatic hydroxyl groups excluding tert-OH is 5.